The molecule has 7 rings (SSSR count). The first-order valence-corrected chi connectivity index (χ1v) is 16.7. The van der Waals surface area contributed by atoms with E-state index in [1.54, 1.807) is 12.1 Å². The average Bonchev–Trinajstić information content (AvgIpc) is 3.41. The van der Waals surface area contributed by atoms with Crippen molar-refractivity contribution in [1.29, 1.82) is 0 Å². The molecular formula is C35H42N6O6. The number of nitrogens with zero attached hydrogens (tertiary/aromatic N) is 2. The Morgan fingerprint density at radius 3 is 2.43 bits per heavy atom. The molecule has 4 saturated carbocycles. The second kappa shape index (κ2) is 13.5. The standard InChI is InChI=1S/C35H42N6O6/c1-2-41-27-13-7-6-9-23(27)17-28(41)32(45)37-25(14-15-29(42)33(46)36-24-10-4-3-5-11-24)31(44)38-26-12-8-16-40(34(26)47)21-30(43)39-35-18-22(19-35)20-35/h6-9,12-13,16-17,22,24-25H,2-5,10-11,14-15,18-21H2,1H3,(H,36,46)(H,37,45)(H,38,44)(H,39,43)/t22?,25-,35?/m0/s1. The van der Waals surface area contributed by atoms with Gasteiger partial charge in [0, 0.05) is 41.6 Å². The van der Waals surface area contributed by atoms with Crippen LogP contribution in [0.3, 0.4) is 0 Å². The maximum atomic E-state index is 13.7. The highest BCUT2D eigenvalue weighted by Gasteiger charge is 2.57. The lowest BCUT2D eigenvalue weighted by Crippen LogP contribution is -2.68. The van der Waals surface area contributed by atoms with E-state index in [0.29, 0.717) is 18.2 Å². The fourth-order valence-corrected chi connectivity index (χ4v) is 7.24. The van der Waals surface area contributed by atoms with E-state index in [0.717, 1.165) is 62.3 Å². The summed E-state index contributed by atoms with van der Waals surface area (Å²) >= 11 is 0. The number of rotatable bonds is 13. The Labute approximate surface area is 272 Å². The van der Waals surface area contributed by atoms with Gasteiger partial charge in [-0.15, -0.1) is 0 Å². The van der Waals surface area contributed by atoms with Crippen LogP contribution in [0.15, 0.2) is 53.5 Å². The monoisotopic (exact) mass is 642 g/mol. The van der Waals surface area contributed by atoms with E-state index in [2.05, 4.69) is 21.3 Å². The van der Waals surface area contributed by atoms with Crippen molar-refractivity contribution in [2.45, 2.75) is 102 Å². The largest absolute Gasteiger partial charge is 0.349 e. The molecule has 0 aliphatic heterocycles. The van der Waals surface area contributed by atoms with Gasteiger partial charge in [0.1, 0.15) is 24.0 Å². The minimum atomic E-state index is -1.24. The number of anilines is 1. The maximum Gasteiger partial charge on any atom is 0.287 e. The number of Topliss-reactive ketones (excluding diaryl/α,β-unsaturated/α-hetero) is 1. The smallest absolute Gasteiger partial charge is 0.287 e. The van der Waals surface area contributed by atoms with E-state index < -0.39 is 35.1 Å². The molecule has 1 atom stereocenters. The first-order chi connectivity index (χ1) is 22.6. The van der Waals surface area contributed by atoms with Crippen molar-refractivity contribution in [3.05, 3.63) is 64.7 Å². The second-order valence-corrected chi connectivity index (χ2v) is 13.3. The first-order valence-electron chi connectivity index (χ1n) is 16.7. The highest BCUT2D eigenvalue weighted by atomic mass is 16.2. The van der Waals surface area contributed by atoms with Crippen LogP contribution >= 0.6 is 0 Å². The van der Waals surface area contributed by atoms with Gasteiger partial charge in [0.15, 0.2) is 0 Å². The van der Waals surface area contributed by atoms with Crippen LogP contribution in [0.25, 0.3) is 10.9 Å². The number of nitrogens with one attached hydrogen (secondary N) is 4. The van der Waals surface area contributed by atoms with Crippen LogP contribution in [0.5, 0.6) is 0 Å². The van der Waals surface area contributed by atoms with E-state index >= 15 is 0 Å². The van der Waals surface area contributed by atoms with E-state index in [1.807, 2.05) is 35.8 Å². The van der Waals surface area contributed by atoms with Gasteiger partial charge in [-0.3, -0.25) is 28.8 Å². The Hall–Kier alpha value is -4.74. The van der Waals surface area contributed by atoms with Crippen LogP contribution in [-0.4, -0.2) is 56.2 Å². The highest BCUT2D eigenvalue weighted by Crippen LogP contribution is 2.56. The Bertz CT molecular complexity index is 1750. The summed E-state index contributed by atoms with van der Waals surface area (Å²) in [4.78, 5) is 78.7. The average molecular weight is 643 g/mol. The quantitative estimate of drug-likeness (QED) is 0.210. The van der Waals surface area contributed by atoms with Crippen molar-refractivity contribution in [2.24, 2.45) is 5.92 Å². The van der Waals surface area contributed by atoms with Gasteiger partial charge in [-0.25, -0.2) is 0 Å². The molecule has 0 unspecified atom stereocenters. The number of pyridine rings is 1. The molecule has 0 saturated heterocycles. The van der Waals surface area contributed by atoms with Gasteiger partial charge in [-0.1, -0.05) is 37.5 Å². The van der Waals surface area contributed by atoms with Gasteiger partial charge in [0.05, 0.1) is 0 Å². The molecule has 2 aromatic heterocycles. The molecule has 12 nitrogen and oxygen atoms in total. The first kappa shape index (κ1) is 32.2. The zero-order valence-electron chi connectivity index (χ0n) is 26.7. The number of hydrogen-bond acceptors (Lipinski definition) is 6. The van der Waals surface area contributed by atoms with Crippen molar-refractivity contribution >= 4 is 46.0 Å². The summed E-state index contributed by atoms with van der Waals surface area (Å²) in [6, 6.07) is 11.0. The van der Waals surface area contributed by atoms with Gasteiger partial charge in [-0.05, 0) is 75.6 Å². The van der Waals surface area contributed by atoms with Crippen LogP contribution in [-0.2, 0) is 32.3 Å². The van der Waals surface area contributed by atoms with Crippen molar-refractivity contribution in [1.82, 2.24) is 25.1 Å². The number of aryl methyl sites for hydroxylation is 1. The number of carbonyl (C=O) groups excluding carboxylic acids is 5. The minimum Gasteiger partial charge on any atom is -0.349 e. The molecule has 2 heterocycles. The van der Waals surface area contributed by atoms with Gasteiger partial charge in [0.2, 0.25) is 17.6 Å². The molecule has 4 aliphatic rings. The lowest BCUT2D eigenvalue weighted by molar-refractivity contribution is -0.138. The van der Waals surface area contributed by atoms with Crippen LogP contribution in [0.2, 0.25) is 0 Å². The van der Waals surface area contributed by atoms with Gasteiger partial charge in [-0.2, -0.15) is 0 Å². The van der Waals surface area contributed by atoms with Crippen LogP contribution in [0.1, 0.15) is 81.6 Å². The molecule has 2 bridgehead atoms. The van der Waals surface area contributed by atoms with Crippen molar-refractivity contribution in [3.63, 3.8) is 0 Å². The molecular weight excluding hydrogens is 600 g/mol. The molecule has 0 spiro atoms. The molecule has 12 heteroatoms. The SMILES string of the molecule is CCn1c(C(=O)N[C@@H](CCC(=O)C(=O)NC2CCCCC2)C(=O)Nc2cccn(CC(=O)NC34CC(C3)C4)c2=O)cc2ccccc21. The predicted octanol–water partition coefficient (Wildman–Crippen LogP) is 3.03. The predicted molar refractivity (Wildman–Crippen MR) is 176 cm³/mol. The number of fused-ring (bicyclic) bond motifs is 1. The van der Waals surface area contributed by atoms with Crippen LogP contribution in [0.4, 0.5) is 5.69 Å². The summed E-state index contributed by atoms with van der Waals surface area (Å²) in [6.45, 7) is 2.22. The van der Waals surface area contributed by atoms with E-state index in [9.17, 15) is 28.8 Å². The number of carbonyl (C=O) groups is 5. The fourth-order valence-electron chi connectivity index (χ4n) is 7.24. The number of hydrogen-bond donors (Lipinski definition) is 4. The summed E-state index contributed by atoms with van der Waals surface area (Å²) in [6.07, 6.45) is 8.70. The highest BCUT2D eigenvalue weighted by molar-refractivity contribution is 6.36. The maximum absolute atomic E-state index is 13.7. The summed E-state index contributed by atoms with van der Waals surface area (Å²) in [5.41, 5.74) is 0.423. The lowest BCUT2D eigenvalue weighted by Gasteiger charge is -2.61. The van der Waals surface area contributed by atoms with Crippen LogP contribution < -0.4 is 26.8 Å². The summed E-state index contributed by atoms with van der Waals surface area (Å²) in [5, 5.41) is 12.0. The third kappa shape index (κ3) is 7.01. The molecule has 47 heavy (non-hydrogen) atoms. The van der Waals surface area contributed by atoms with Crippen molar-refractivity contribution < 1.29 is 24.0 Å². The zero-order chi connectivity index (χ0) is 33.1. The van der Waals surface area contributed by atoms with E-state index in [1.165, 1.54) is 16.8 Å². The van der Waals surface area contributed by atoms with Gasteiger partial charge in [0.25, 0.3) is 17.4 Å². The Morgan fingerprint density at radius 1 is 0.979 bits per heavy atom. The third-order valence-electron chi connectivity index (χ3n) is 9.87. The van der Waals surface area contributed by atoms with Crippen molar-refractivity contribution in [3.8, 4) is 0 Å². The third-order valence-corrected chi connectivity index (χ3v) is 9.87. The van der Waals surface area contributed by atoms with Crippen molar-refractivity contribution in [2.75, 3.05) is 5.32 Å². The summed E-state index contributed by atoms with van der Waals surface area (Å²) in [5.74, 6) is -2.20. The summed E-state index contributed by atoms with van der Waals surface area (Å²) in [7, 11) is 0. The second-order valence-electron chi connectivity index (χ2n) is 13.3. The lowest BCUT2D eigenvalue weighted by atomic mass is 9.50. The summed E-state index contributed by atoms with van der Waals surface area (Å²) < 4.78 is 3.05. The Morgan fingerprint density at radius 2 is 1.72 bits per heavy atom. The Balaban J connectivity index is 1.16. The molecule has 4 amide bonds. The van der Waals surface area contributed by atoms with E-state index in [-0.39, 0.29) is 42.6 Å². The van der Waals surface area contributed by atoms with Crippen LogP contribution in [0, 0.1) is 5.92 Å². The van der Waals surface area contributed by atoms with Gasteiger partial charge >= 0.3 is 0 Å². The minimum absolute atomic E-state index is 0.0451. The topological polar surface area (TPSA) is 160 Å². The normalized spacial score (nSPS) is 20.7. The Kier molecular flexibility index (Phi) is 9.28. The van der Waals surface area contributed by atoms with E-state index in [4.69, 9.17) is 0 Å². The zero-order valence-corrected chi connectivity index (χ0v) is 26.7. The molecule has 4 N–H and O–H groups in total. The molecule has 1 aromatic carbocycles. The van der Waals surface area contributed by atoms with Gasteiger partial charge < -0.3 is 30.4 Å². The number of ketones is 1. The number of para-hydroxylation sites is 1. The number of aromatic nitrogens is 2. The molecule has 3 aromatic rings. The number of amides is 4. The molecule has 4 fully saturated rings. The molecule has 4 aliphatic carbocycles. The molecule has 248 valence electrons. The molecule has 0 radical (unpaired) electrons. The number of benzene rings is 1. The fraction of sp³-hybridized carbons (Fsp3) is 0.486.